The second-order valence-corrected chi connectivity index (χ2v) is 7.79. The standard InChI is InChI=1S/C16H26N2OS/c1-16(2,3)15(19)17-11-13-6-8-18(9-7-13)12-14-5-4-10-20-14/h4-5,10,13H,6-9,11-12H2,1-3H3,(H,17,19). The molecule has 4 heteroatoms. The number of hydrogen-bond donors (Lipinski definition) is 1. The van der Waals surface area contributed by atoms with E-state index in [1.165, 1.54) is 17.7 Å². The quantitative estimate of drug-likeness (QED) is 0.925. The van der Waals surface area contributed by atoms with Crippen molar-refractivity contribution in [3.63, 3.8) is 0 Å². The van der Waals surface area contributed by atoms with E-state index in [-0.39, 0.29) is 11.3 Å². The van der Waals surface area contributed by atoms with E-state index in [9.17, 15) is 4.79 Å². The lowest BCUT2D eigenvalue weighted by Crippen LogP contribution is -2.41. The maximum atomic E-state index is 11.9. The number of piperidine rings is 1. The highest BCUT2D eigenvalue weighted by atomic mass is 32.1. The Kier molecular flexibility index (Phi) is 5.22. The number of rotatable bonds is 4. The molecular formula is C16H26N2OS. The molecule has 2 heterocycles. The van der Waals surface area contributed by atoms with Crippen LogP contribution >= 0.6 is 11.3 Å². The molecule has 1 aromatic rings. The molecule has 1 aromatic heterocycles. The maximum absolute atomic E-state index is 11.9. The van der Waals surface area contributed by atoms with Crippen LogP contribution in [0.15, 0.2) is 17.5 Å². The van der Waals surface area contributed by atoms with Gasteiger partial charge in [-0.1, -0.05) is 26.8 Å². The summed E-state index contributed by atoms with van der Waals surface area (Å²) < 4.78 is 0. The summed E-state index contributed by atoms with van der Waals surface area (Å²) in [5.74, 6) is 0.805. The fourth-order valence-corrected chi connectivity index (χ4v) is 3.22. The van der Waals surface area contributed by atoms with Gasteiger partial charge in [0.2, 0.25) is 5.91 Å². The number of likely N-dealkylation sites (tertiary alicyclic amines) is 1. The highest BCUT2D eigenvalue weighted by Crippen LogP contribution is 2.20. The number of carbonyl (C=O) groups excluding carboxylic acids is 1. The van der Waals surface area contributed by atoms with Crippen molar-refractivity contribution in [1.29, 1.82) is 0 Å². The molecule has 1 aliphatic heterocycles. The molecule has 3 nitrogen and oxygen atoms in total. The predicted molar refractivity (Wildman–Crippen MR) is 84.8 cm³/mol. The molecule has 112 valence electrons. The third-order valence-corrected chi connectivity index (χ3v) is 4.76. The first kappa shape index (κ1) is 15.5. The molecule has 0 atom stereocenters. The Morgan fingerprint density at radius 2 is 2.10 bits per heavy atom. The van der Waals surface area contributed by atoms with Gasteiger partial charge in [0.25, 0.3) is 0 Å². The highest BCUT2D eigenvalue weighted by Gasteiger charge is 2.24. The molecule has 2 rings (SSSR count). The van der Waals surface area contributed by atoms with Crippen molar-refractivity contribution in [3.05, 3.63) is 22.4 Å². The normalized spacial score (nSPS) is 18.1. The molecule has 0 unspecified atom stereocenters. The van der Waals surface area contributed by atoms with E-state index in [0.717, 1.165) is 26.2 Å². The molecule has 1 N–H and O–H groups in total. The molecule has 0 aliphatic carbocycles. The van der Waals surface area contributed by atoms with Crippen molar-refractivity contribution in [2.75, 3.05) is 19.6 Å². The van der Waals surface area contributed by atoms with Crippen molar-refractivity contribution in [1.82, 2.24) is 10.2 Å². The average Bonchev–Trinajstić information content (AvgIpc) is 2.89. The van der Waals surface area contributed by atoms with Gasteiger partial charge in [0.05, 0.1) is 0 Å². The van der Waals surface area contributed by atoms with Crippen LogP contribution in [0.4, 0.5) is 0 Å². The number of amides is 1. The first-order chi connectivity index (χ1) is 9.45. The van der Waals surface area contributed by atoms with E-state index in [2.05, 4.69) is 27.7 Å². The van der Waals surface area contributed by atoms with E-state index in [1.54, 1.807) is 0 Å². The zero-order chi connectivity index (χ0) is 14.6. The smallest absolute Gasteiger partial charge is 0.225 e. The van der Waals surface area contributed by atoms with E-state index in [1.807, 2.05) is 32.1 Å². The van der Waals surface area contributed by atoms with Gasteiger partial charge in [-0.2, -0.15) is 0 Å². The van der Waals surface area contributed by atoms with Crippen LogP contribution in [-0.2, 0) is 11.3 Å². The summed E-state index contributed by atoms with van der Waals surface area (Å²) >= 11 is 1.84. The van der Waals surface area contributed by atoms with E-state index < -0.39 is 0 Å². The van der Waals surface area contributed by atoms with Gasteiger partial charge in [0.1, 0.15) is 0 Å². The van der Waals surface area contributed by atoms with Crippen molar-refractivity contribution in [2.45, 2.75) is 40.2 Å². The van der Waals surface area contributed by atoms with Crippen molar-refractivity contribution in [3.8, 4) is 0 Å². The van der Waals surface area contributed by atoms with Crippen LogP contribution in [0.1, 0.15) is 38.5 Å². The van der Waals surface area contributed by atoms with Gasteiger partial charge in [-0.25, -0.2) is 0 Å². The SMILES string of the molecule is CC(C)(C)C(=O)NCC1CCN(Cc2cccs2)CC1. The van der Waals surface area contributed by atoms with Gasteiger partial charge in [0, 0.05) is 23.4 Å². The molecule has 1 aliphatic rings. The molecule has 1 saturated heterocycles. The largest absolute Gasteiger partial charge is 0.355 e. The number of thiophene rings is 1. The topological polar surface area (TPSA) is 32.3 Å². The summed E-state index contributed by atoms with van der Waals surface area (Å²) in [5.41, 5.74) is -0.278. The Balaban J connectivity index is 1.68. The van der Waals surface area contributed by atoms with Crippen LogP contribution in [0.3, 0.4) is 0 Å². The molecule has 0 bridgehead atoms. The molecule has 1 amide bonds. The summed E-state index contributed by atoms with van der Waals surface area (Å²) in [7, 11) is 0. The van der Waals surface area contributed by atoms with Crippen LogP contribution in [0, 0.1) is 11.3 Å². The molecule has 20 heavy (non-hydrogen) atoms. The zero-order valence-electron chi connectivity index (χ0n) is 12.8. The van der Waals surface area contributed by atoms with Gasteiger partial charge in [-0.3, -0.25) is 9.69 Å². The average molecular weight is 294 g/mol. The summed E-state index contributed by atoms with van der Waals surface area (Å²) in [6.07, 6.45) is 2.38. The lowest BCUT2D eigenvalue weighted by molar-refractivity contribution is -0.128. The van der Waals surface area contributed by atoms with Gasteiger partial charge in [0.15, 0.2) is 0 Å². The second kappa shape index (κ2) is 6.72. The lowest BCUT2D eigenvalue weighted by Gasteiger charge is -2.32. The third kappa shape index (κ3) is 4.60. The second-order valence-electron chi connectivity index (χ2n) is 6.76. The first-order valence-electron chi connectivity index (χ1n) is 7.48. The monoisotopic (exact) mass is 294 g/mol. The number of hydrogen-bond acceptors (Lipinski definition) is 3. The van der Waals surface area contributed by atoms with Crippen molar-refractivity contribution in [2.24, 2.45) is 11.3 Å². The molecular weight excluding hydrogens is 268 g/mol. The molecule has 0 saturated carbocycles. The van der Waals surface area contributed by atoms with E-state index in [4.69, 9.17) is 0 Å². The summed E-state index contributed by atoms with van der Waals surface area (Å²) in [5, 5.41) is 5.24. The number of carbonyl (C=O) groups is 1. The highest BCUT2D eigenvalue weighted by molar-refractivity contribution is 7.09. The van der Waals surface area contributed by atoms with Gasteiger partial charge in [-0.15, -0.1) is 11.3 Å². The minimum atomic E-state index is -0.278. The predicted octanol–water partition coefficient (Wildman–Crippen LogP) is 3.12. The Morgan fingerprint density at radius 3 is 2.65 bits per heavy atom. The maximum Gasteiger partial charge on any atom is 0.225 e. The first-order valence-corrected chi connectivity index (χ1v) is 8.36. The van der Waals surface area contributed by atoms with Crippen molar-refractivity contribution >= 4 is 17.2 Å². The number of nitrogens with zero attached hydrogens (tertiary/aromatic N) is 1. The minimum absolute atomic E-state index is 0.165. The summed E-state index contributed by atoms with van der Waals surface area (Å²) in [6, 6.07) is 4.33. The minimum Gasteiger partial charge on any atom is -0.355 e. The number of nitrogens with one attached hydrogen (secondary N) is 1. The Bertz CT molecular complexity index is 414. The van der Waals surface area contributed by atoms with E-state index in [0.29, 0.717) is 5.92 Å². The van der Waals surface area contributed by atoms with Crippen LogP contribution in [0.5, 0.6) is 0 Å². The van der Waals surface area contributed by atoms with E-state index >= 15 is 0 Å². The van der Waals surface area contributed by atoms with Crippen LogP contribution in [0.2, 0.25) is 0 Å². The summed E-state index contributed by atoms with van der Waals surface area (Å²) in [6.45, 7) is 10.1. The third-order valence-electron chi connectivity index (χ3n) is 3.90. The lowest BCUT2D eigenvalue weighted by atomic mass is 9.93. The Labute approximate surface area is 126 Å². The molecule has 0 radical (unpaired) electrons. The fraction of sp³-hybridized carbons (Fsp3) is 0.688. The Morgan fingerprint density at radius 1 is 1.40 bits per heavy atom. The Hall–Kier alpha value is -0.870. The molecule has 0 aromatic carbocycles. The van der Waals surface area contributed by atoms with Gasteiger partial charge >= 0.3 is 0 Å². The summed E-state index contributed by atoms with van der Waals surface area (Å²) in [4.78, 5) is 15.8. The zero-order valence-corrected chi connectivity index (χ0v) is 13.6. The van der Waals surface area contributed by atoms with Gasteiger partial charge in [-0.05, 0) is 43.3 Å². The van der Waals surface area contributed by atoms with Crippen molar-refractivity contribution < 1.29 is 4.79 Å². The van der Waals surface area contributed by atoms with Crippen LogP contribution in [0.25, 0.3) is 0 Å². The molecule has 0 spiro atoms. The fourth-order valence-electron chi connectivity index (χ4n) is 2.47. The van der Waals surface area contributed by atoms with Crippen LogP contribution in [-0.4, -0.2) is 30.4 Å². The molecule has 1 fully saturated rings. The van der Waals surface area contributed by atoms with Crippen LogP contribution < -0.4 is 5.32 Å². The van der Waals surface area contributed by atoms with Gasteiger partial charge < -0.3 is 5.32 Å².